The summed E-state index contributed by atoms with van der Waals surface area (Å²) < 4.78 is 4.93. The third-order valence-corrected chi connectivity index (χ3v) is 3.43. The number of aromatic nitrogens is 3. The number of nitrogen functional groups attached to an aromatic ring is 1. The van der Waals surface area contributed by atoms with Crippen molar-refractivity contribution in [3.8, 4) is 5.75 Å². The van der Waals surface area contributed by atoms with Crippen LogP contribution in [0, 0.1) is 0 Å². The fourth-order valence-electron chi connectivity index (χ4n) is 2.24. The van der Waals surface area contributed by atoms with E-state index in [1.54, 1.807) is 19.1 Å². The Balaban J connectivity index is 1.83. The second-order valence-electron chi connectivity index (χ2n) is 5.24. The number of ether oxygens (including phenoxy) is 1. The number of phenolic OH excluding ortho intramolecular Hbond substituents is 1. The van der Waals surface area contributed by atoms with Gasteiger partial charge in [-0.25, -0.2) is 14.6 Å². The number of aromatic amines is 1. The van der Waals surface area contributed by atoms with Crippen molar-refractivity contribution in [2.45, 2.75) is 6.92 Å². The summed E-state index contributed by atoms with van der Waals surface area (Å²) in [4.78, 5) is 28.1. The topological polar surface area (TPSA) is 155 Å². The van der Waals surface area contributed by atoms with Gasteiger partial charge in [-0.2, -0.15) is 5.10 Å². The highest BCUT2D eigenvalue weighted by molar-refractivity contribution is 6.06. The molecule has 3 rings (SSSR count). The van der Waals surface area contributed by atoms with E-state index >= 15 is 0 Å². The lowest BCUT2D eigenvalue weighted by molar-refractivity contribution is 0.0527. The monoisotopic (exact) mass is 356 g/mol. The first-order chi connectivity index (χ1) is 12.5. The predicted molar refractivity (Wildman–Crippen MR) is 95.0 cm³/mol. The van der Waals surface area contributed by atoms with Crippen LogP contribution in [0.15, 0.2) is 30.3 Å². The average molecular weight is 356 g/mol. The van der Waals surface area contributed by atoms with E-state index in [0.717, 1.165) is 0 Å². The summed E-state index contributed by atoms with van der Waals surface area (Å²) in [5, 5.41) is 21.4. The number of nitrogens with one attached hydrogen (secondary N) is 3. The number of fused-ring (bicyclic) bond motifs is 1. The molecule has 10 nitrogen and oxygen atoms in total. The number of pyridine rings is 1. The van der Waals surface area contributed by atoms with Crippen LogP contribution < -0.4 is 16.4 Å². The van der Waals surface area contributed by atoms with Crippen LogP contribution in [0.2, 0.25) is 0 Å². The molecular formula is C16H16N6O4. The summed E-state index contributed by atoms with van der Waals surface area (Å²) >= 11 is 0. The number of carbonyl (C=O) groups excluding carboxylic acids is 2. The molecule has 10 heteroatoms. The van der Waals surface area contributed by atoms with Gasteiger partial charge in [0.2, 0.25) is 0 Å². The van der Waals surface area contributed by atoms with Gasteiger partial charge in [-0.3, -0.25) is 10.4 Å². The van der Waals surface area contributed by atoms with Crippen LogP contribution in [0.3, 0.4) is 0 Å². The molecule has 0 aliphatic heterocycles. The van der Waals surface area contributed by atoms with Gasteiger partial charge in [-0.1, -0.05) is 0 Å². The first-order valence-electron chi connectivity index (χ1n) is 7.66. The largest absolute Gasteiger partial charge is 0.508 e. The Bertz CT molecular complexity index is 967. The maximum atomic E-state index is 12.1. The first kappa shape index (κ1) is 17.0. The van der Waals surface area contributed by atoms with E-state index in [1.807, 2.05) is 0 Å². The van der Waals surface area contributed by atoms with Crippen LogP contribution in [-0.4, -0.2) is 38.9 Å². The van der Waals surface area contributed by atoms with Gasteiger partial charge in [-0.15, -0.1) is 0 Å². The molecule has 0 saturated carbocycles. The summed E-state index contributed by atoms with van der Waals surface area (Å²) in [5.74, 6) is -0.349. The summed E-state index contributed by atoms with van der Waals surface area (Å²) in [6.45, 7) is 1.88. The van der Waals surface area contributed by atoms with Gasteiger partial charge in [0.15, 0.2) is 11.5 Å². The van der Waals surface area contributed by atoms with Crippen LogP contribution in [0.1, 0.15) is 17.3 Å². The normalized spacial score (nSPS) is 10.5. The minimum Gasteiger partial charge on any atom is -0.508 e. The highest BCUT2D eigenvalue weighted by atomic mass is 16.5. The van der Waals surface area contributed by atoms with E-state index < -0.39 is 12.0 Å². The van der Waals surface area contributed by atoms with Crippen molar-refractivity contribution in [3.05, 3.63) is 35.9 Å². The van der Waals surface area contributed by atoms with Crippen molar-refractivity contribution < 1.29 is 19.4 Å². The summed E-state index contributed by atoms with van der Waals surface area (Å²) in [6, 6.07) is 6.86. The van der Waals surface area contributed by atoms with Crippen molar-refractivity contribution >= 4 is 40.4 Å². The van der Waals surface area contributed by atoms with Gasteiger partial charge in [0.05, 0.1) is 12.0 Å². The van der Waals surface area contributed by atoms with Gasteiger partial charge < -0.3 is 20.9 Å². The number of phenols is 1. The number of benzene rings is 1. The van der Waals surface area contributed by atoms with Crippen LogP contribution in [0.5, 0.6) is 5.75 Å². The molecule has 2 heterocycles. The van der Waals surface area contributed by atoms with Crippen molar-refractivity contribution in [2.24, 2.45) is 0 Å². The van der Waals surface area contributed by atoms with Crippen molar-refractivity contribution in [1.29, 1.82) is 0 Å². The average Bonchev–Trinajstić information content (AvgIpc) is 2.98. The van der Waals surface area contributed by atoms with Crippen LogP contribution in [0.25, 0.3) is 11.0 Å². The third-order valence-electron chi connectivity index (χ3n) is 3.43. The fraction of sp³-hybridized carbons (Fsp3) is 0.125. The molecule has 0 atom stereocenters. The zero-order chi connectivity index (χ0) is 18.7. The van der Waals surface area contributed by atoms with Gasteiger partial charge in [0.25, 0.3) is 0 Å². The fourth-order valence-corrected chi connectivity index (χ4v) is 2.24. The number of aromatic hydroxyl groups is 1. The summed E-state index contributed by atoms with van der Waals surface area (Å²) in [6.07, 6.45) is 0. The molecule has 0 saturated heterocycles. The zero-order valence-corrected chi connectivity index (χ0v) is 13.7. The molecule has 0 aliphatic carbocycles. The van der Waals surface area contributed by atoms with Crippen molar-refractivity contribution in [1.82, 2.24) is 15.2 Å². The number of hydrogen-bond acceptors (Lipinski definition) is 7. The zero-order valence-electron chi connectivity index (χ0n) is 13.7. The second-order valence-corrected chi connectivity index (χ2v) is 5.24. The number of urea groups is 1. The lowest BCUT2D eigenvalue weighted by Crippen LogP contribution is -2.19. The summed E-state index contributed by atoms with van der Waals surface area (Å²) in [5.41, 5.74) is 6.65. The highest BCUT2D eigenvalue weighted by Gasteiger charge is 2.18. The van der Waals surface area contributed by atoms with E-state index in [2.05, 4.69) is 25.8 Å². The van der Waals surface area contributed by atoms with E-state index in [0.29, 0.717) is 16.7 Å². The number of esters is 1. The number of carbonyl (C=O) groups is 2. The third kappa shape index (κ3) is 3.48. The lowest BCUT2D eigenvalue weighted by atomic mass is 10.2. The maximum absolute atomic E-state index is 12.1. The number of H-pyrrole nitrogens is 1. The van der Waals surface area contributed by atoms with Gasteiger partial charge in [-0.05, 0) is 37.3 Å². The number of nitrogens with two attached hydrogens (primary N) is 1. The predicted octanol–water partition coefficient (Wildman–Crippen LogP) is 2.07. The molecular weight excluding hydrogens is 340 g/mol. The number of anilines is 3. The van der Waals surface area contributed by atoms with E-state index in [1.165, 1.54) is 18.2 Å². The molecule has 2 aromatic heterocycles. The van der Waals surface area contributed by atoms with E-state index in [4.69, 9.17) is 10.5 Å². The first-order valence-corrected chi connectivity index (χ1v) is 7.66. The number of hydrogen-bond donors (Lipinski definition) is 5. The second kappa shape index (κ2) is 6.97. The molecule has 6 N–H and O–H groups in total. The molecule has 0 bridgehead atoms. The van der Waals surface area contributed by atoms with Crippen LogP contribution >= 0.6 is 0 Å². The Kier molecular flexibility index (Phi) is 4.56. The molecule has 0 aliphatic rings. The number of rotatable bonds is 4. The molecule has 134 valence electrons. The van der Waals surface area contributed by atoms with Gasteiger partial charge >= 0.3 is 12.0 Å². The van der Waals surface area contributed by atoms with Crippen LogP contribution in [-0.2, 0) is 4.74 Å². The molecule has 0 unspecified atom stereocenters. The molecule has 1 aromatic carbocycles. The minimum atomic E-state index is -0.611. The molecule has 0 radical (unpaired) electrons. The van der Waals surface area contributed by atoms with Crippen LogP contribution in [0.4, 0.5) is 22.1 Å². The molecule has 0 spiro atoms. The Hall–Kier alpha value is -3.82. The molecule has 0 fully saturated rings. The Morgan fingerprint density at radius 2 is 2.00 bits per heavy atom. The molecule has 2 amide bonds. The van der Waals surface area contributed by atoms with Crippen molar-refractivity contribution in [3.63, 3.8) is 0 Å². The van der Waals surface area contributed by atoms with E-state index in [9.17, 15) is 14.7 Å². The highest BCUT2D eigenvalue weighted by Crippen LogP contribution is 2.24. The molecule has 26 heavy (non-hydrogen) atoms. The molecule has 3 aromatic rings. The Morgan fingerprint density at radius 3 is 2.69 bits per heavy atom. The number of amides is 2. The standard InChI is InChI=1S/C16H16N6O4/c1-2-26-15(24)10-7-11-13(19-12(10)17)21-22-14(11)20-16(25)18-8-3-5-9(23)6-4-8/h3-7,23H,2H2,1H3,(H5,17,18,19,20,21,22,25). The Labute approximate surface area is 147 Å². The quantitative estimate of drug-likeness (QED) is 0.354. The minimum absolute atomic E-state index is 0.000283. The SMILES string of the molecule is CCOC(=O)c1cc2c(NC(=O)Nc3ccc(O)cc3)n[nH]c2nc1N. The van der Waals surface area contributed by atoms with Gasteiger partial charge in [0.1, 0.15) is 17.1 Å². The van der Waals surface area contributed by atoms with E-state index in [-0.39, 0.29) is 29.6 Å². The smallest absolute Gasteiger partial charge is 0.341 e. The number of nitrogens with zero attached hydrogens (tertiary/aromatic N) is 2. The lowest BCUT2D eigenvalue weighted by Gasteiger charge is -2.07. The summed E-state index contributed by atoms with van der Waals surface area (Å²) in [7, 11) is 0. The van der Waals surface area contributed by atoms with Crippen molar-refractivity contribution in [2.75, 3.05) is 23.0 Å². The maximum Gasteiger partial charge on any atom is 0.341 e. The Morgan fingerprint density at radius 1 is 1.27 bits per heavy atom. The van der Waals surface area contributed by atoms with Gasteiger partial charge in [0, 0.05) is 5.69 Å².